The highest BCUT2D eigenvalue weighted by atomic mass is 16.5. The molecule has 1 N–H and O–H groups in total. The number of aromatic nitrogens is 2. The van der Waals surface area contributed by atoms with Crippen molar-refractivity contribution in [3.8, 4) is 11.3 Å². The Balaban J connectivity index is 1.19. The largest absolute Gasteiger partial charge is 0.372 e. The number of hydrogen-bond donors (Lipinski definition) is 1. The molecule has 1 aromatic carbocycles. The number of aliphatic imine (C=N–C) groups is 1. The van der Waals surface area contributed by atoms with Gasteiger partial charge in [0, 0.05) is 63.2 Å². The van der Waals surface area contributed by atoms with Gasteiger partial charge >= 0.3 is 0 Å². The monoisotopic (exact) mass is 491 g/mol. The van der Waals surface area contributed by atoms with Gasteiger partial charge in [-0.15, -0.1) is 0 Å². The molecule has 192 valence electrons. The molecule has 0 radical (unpaired) electrons. The van der Waals surface area contributed by atoms with Crippen LogP contribution >= 0.6 is 0 Å². The number of nitrogens with one attached hydrogen (secondary N) is 1. The van der Waals surface area contributed by atoms with Crippen LogP contribution in [0.5, 0.6) is 0 Å². The number of ether oxygens (including phenoxy) is 1. The molecule has 9 nitrogen and oxygen atoms in total. The lowest BCUT2D eigenvalue weighted by Gasteiger charge is -2.40. The van der Waals surface area contributed by atoms with Crippen LogP contribution in [-0.4, -0.2) is 94.5 Å². The molecule has 0 bridgehead atoms. The van der Waals surface area contributed by atoms with Gasteiger partial charge in [0.2, 0.25) is 5.91 Å². The highest BCUT2D eigenvalue weighted by Gasteiger charge is 2.33. The van der Waals surface area contributed by atoms with Crippen LogP contribution in [0, 0.1) is 6.92 Å². The van der Waals surface area contributed by atoms with E-state index in [1.165, 1.54) is 5.56 Å². The first-order valence-corrected chi connectivity index (χ1v) is 13.0. The number of likely N-dealkylation sites (N-methyl/N-ethyl adjacent to an activating group) is 1. The van der Waals surface area contributed by atoms with Gasteiger partial charge in [0.1, 0.15) is 12.2 Å². The Morgan fingerprint density at radius 1 is 1.19 bits per heavy atom. The van der Waals surface area contributed by atoms with Crippen molar-refractivity contribution in [1.29, 1.82) is 0 Å². The molecule has 0 saturated carbocycles. The maximum Gasteiger partial charge on any atom is 0.223 e. The number of carbonyl (C=O) groups excluding carboxylic acids is 1. The van der Waals surface area contributed by atoms with Gasteiger partial charge < -0.3 is 20.0 Å². The Hall–Kier alpha value is -2.88. The van der Waals surface area contributed by atoms with E-state index >= 15 is 0 Å². The molecule has 9 heteroatoms. The SMILES string of the molecule is Cc1cc(-c2cc(N=C3CC4CN(C)CCN4N3)ncn2)ccc1CCC(=O)N1CC(OC(C)C)C1. The van der Waals surface area contributed by atoms with Crippen molar-refractivity contribution in [2.75, 3.05) is 39.8 Å². The summed E-state index contributed by atoms with van der Waals surface area (Å²) in [5, 5.41) is 2.29. The molecular formula is C27H37N7O2. The van der Waals surface area contributed by atoms with Crippen molar-refractivity contribution in [2.24, 2.45) is 4.99 Å². The summed E-state index contributed by atoms with van der Waals surface area (Å²) >= 11 is 0. The number of carbonyl (C=O) groups is 1. The average molecular weight is 492 g/mol. The van der Waals surface area contributed by atoms with Crippen molar-refractivity contribution in [3.05, 3.63) is 41.7 Å². The number of fused-ring (bicyclic) bond motifs is 1. The molecule has 0 aliphatic carbocycles. The predicted octanol–water partition coefficient (Wildman–Crippen LogP) is 2.57. The summed E-state index contributed by atoms with van der Waals surface area (Å²) in [6.07, 6.45) is 4.12. The Bertz CT molecular complexity index is 1130. The molecule has 1 atom stereocenters. The summed E-state index contributed by atoms with van der Waals surface area (Å²) in [7, 11) is 2.17. The molecule has 2 aromatic rings. The number of aryl methyl sites for hydroxylation is 2. The van der Waals surface area contributed by atoms with Crippen LogP contribution in [-0.2, 0) is 16.0 Å². The molecule has 3 saturated heterocycles. The molecule has 3 fully saturated rings. The van der Waals surface area contributed by atoms with Crippen molar-refractivity contribution in [1.82, 2.24) is 30.2 Å². The average Bonchev–Trinajstić information content (AvgIpc) is 3.21. The molecule has 36 heavy (non-hydrogen) atoms. The minimum absolute atomic E-state index is 0.186. The molecule has 1 amide bonds. The van der Waals surface area contributed by atoms with Gasteiger partial charge in [-0.2, -0.15) is 0 Å². The Kier molecular flexibility index (Phi) is 7.32. The lowest BCUT2D eigenvalue weighted by molar-refractivity contribution is -0.148. The van der Waals surface area contributed by atoms with Gasteiger partial charge in [0.05, 0.1) is 17.9 Å². The smallest absolute Gasteiger partial charge is 0.223 e. The second-order valence-electron chi connectivity index (χ2n) is 10.5. The summed E-state index contributed by atoms with van der Waals surface area (Å²) in [6.45, 7) is 10.7. The fourth-order valence-corrected chi connectivity index (χ4v) is 5.19. The first kappa shape index (κ1) is 24.8. The summed E-state index contributed by atoms with van der Waals surface area (Å²) in [5.74, 6) is 1.82. The molecule has 1 unspecified atom stereocenters. The van der Waals surface area contributed by atoms with E-state index in [-0.39, 0.29) is 18.1 Å². The maximum absolute atomic E-state index is 12.5. The first-order valence-electron chi connectivity index (χ1n) is 13.0. The van der Waals surface area contributed by atoms with E-state index in [4.69, 9.17) is 9.73 Å². The fraction of sp³-hybridized carbons (Fsp3) is 0.556. The molecule has 3 aliphatic heterocycles. The Morgan fingerprint density at radius 3 is 2.81 bits per heavy atom. The molecular weight excluding hydrogens is 454 g/mol. The second kappa shape index (κ2) is 10.6. The molecule has 3 aliphatic rings. The van der Waals surface area contributed by atoms with E-state index < -0.39 is 0 Å². The van der Waals surface area contributed by atoms with E-state index in [1.807, 2.05) is 24.8 Å². The lowest BCUT2D eigenvalue weighted by atomic mass is 9.99. The third kappa shape index (κ3) is 5.74. The van der Waals surface area contributed by atoms with Crippen LogP contribution in [0.1, 0.15) is 37.8 Å². The Labute approximate surface area is 213 Å². The van der Waals surface area contributed by atoms with Crippen molar-refractivity contribution in [2.45, 2.75) is 58.3 Å². The fourth-order valence-electron chi connectivity index (χ4n) is 5.19. The van der Waals surface area contributed by atoms with Crippen LogP contribution in [0.3, 0.4) is 0 Å². The van der Waals surface area contributed by atoms with Crippen LogP contribution < -0.4 is 5.43 Å². The summed E-state index contributed by atoms with van der Waals surface area (Å²) < 4.78 is 5.76. The minimum Gasteiger partial charge on any atom is -0.372 e. The third-order valence-electron chi connectivity index (χ3n) is 7.20. The van der Waals surface area contributed by atoms with Gasteiger partial charge in [0.25, 0.3) is 0 Å². The number of amidine groups is 1. The Morgan fingerprint density at radius 2 is 2.03 bits per heavy atom. The zero-order chi connectivity index (χ0) is 25.2. The molecule has 4 heterocycles. The normalized spacial score (nSPS) is 22.1. The van der Waals surface area contributed by atoms with E-state index in [1.54, 1.807) is 6.33 Å². The van der Waals surface area contributed by atoms with Crippen LogP contribution in [0.4, 0.5) is 5.82 Å². The number of nitrogens with zero attached hydrogens (tertiary/aromatic N) is 6. The standard InChI is InChI=1S/C27H37N7O2/c1-18(2)36-23-15-33(16-23)27(35)8-7-20-5-6-21(11-19(20)3)24-13-25(29-17-28-24)30-26-12-22-14-32(4)9-10-34(22)31-26/h5-6,11,13,17-18,22-23H,7-10,12,14-16H2,1-4H3,(H,28,29,30,31). The summed E-state index contributed by atoms with van der Waals surface area (Å²) in [6, 6.07) is 8.72. The van der Waals surface area contributed by atoms with Gasteiger partial charge in [-0.25, -0.2) is 20.0 Å². The summed E-state index contributed by atoms with van der Waals surface area (Å²) in [5.41, 5.74) is 7.67. The summed E-state index contributed by atoms with van der Waals surface area (Å²) in [4.78, 5) is 30.4. The highest BCUT2D eigenvalue weighted by molar-refractivity contribution is 5.86. The third-order valence-corrected chi connectivity index (χ3v) is 7.20. The van der Waals surface area contributed by atoms with E-state index in [9.17, 15) is 4.79 Å². The second-order valence-corrected chi connectivity index (χ2v) is 10.5. The number of benzene rings is 1. The highest BCUT2D eigenvalue weighted by Crippen LogP contribution is 2.25. The molecule has 0 spiro atoms. The van der Waals surface area contributed by atoms with E-state index in [0.717, 1.165) is 55.1 Å². The number of rotatable bonds is 7. The zero-order valence-electron chi connectivity index (χ0n) is 21.8. The lowest BCUT2D eigenvalue weighted by Crippen LogP contribution is -2.55. The minimum atomic E-state index is 0.186. The molecule has 1 aromatic heterocycles. The van der Waals surface area contributed by atoms with E-state index in [2.05, 4.69) is 57.5 Å². The van der Waals surface area contributed by atoms with Gasteiger partial charge in [0.15, 0.2) is 5.82 Å². The van der Waals surface area contributed by atoms with Gasteiger partial charge in [-0.1, -0.05) is 12.1 Å². The zero-order valence-corrected chi connectivity index (χ0v) is 21.8. The van der Waals surface area contributed by atoms with Gasteiger partial charge in [-0.3, -0.25) is 4.79 Å². The first-order chi connectivity index (χ1) is 17.3. The topological polar surface area (TPSA) is 86.2 Å². The van der Waals surface area contributed by atoms with E-state index in [0.29, 0.717) is 31.4 Å². The number of piperazine rings is 1. The van der Waals surface area contributed by atoms with Crippen LogP contribution in [0.2, 0.25) is 0 Å². The van der Waals surface area contributed by atoms with Crippen LogP contribution in [0.25, 0.3) is 11.3 Å². The quantitative estimate of drug-likeness (QED) is 0.637. The number of likely N-dealkylation sites (tertiary alicyclic amines) is 1. The molecule has 5 rings (SSSR count). The van der Waals surface area contributed by atoms with Crippen molar-refractivity contribution in [3.63, 3.8) is 0 Å². The number of hydrazine groups is 1. The maximum atomic E-state index is 12.5. The van der Waals surface area contributed by atoms with Crippen molar-refractivity contribution >= 4 is 17.6 Å². The number of amides is 1. The predicted molar refractivity (Wildman–Crippen MR) is 140 cm³/mol. The van der Waals surface area contributed by atoms with Crippen LogP contribution in [0.15, 0.2) is 35.6 Å². The number of hydrogen-bond acceptors (Lipinski definition) is 7. The van der Waals surface area contributed by atoms with Crippen molar-refractivity contribution < 1.29 is 9.53 Å². The van der Waals surface area contributed by atoms with Gasteiger partial charge in [-0.05, 0) is 51.4 Å².